The highest BCUT2D eigenvalue weighted by Gasteiger charge is 2.36. The predicted molar refractivity (Wildman–Crippen MR) is 72.7 cm³/mol. The molecule has 0 aromatic rings. The van der Waals surface area contributed by atoms with Gasteiger partial charge in [-0.3, -0.25) is 0 Å². The average molecular weight is 225 g/mol. The molecule has 1 saturated carbocycles. The van der Waals surface area contributed by atoms with Crippen LogP contribution in [0.4, 0.5) is 0 Å². The first-order valence-electron chi connectivity index (χ1n) is 7.15. The third kappa shape index (κ3) is 3.76. The Hall–Kier alpha value is -0.0400. The van der Waals surface area contributed by atoms with Crippen molar-refractivity contribution in [2.45, 2.75) is 78.7 Å². The van der Waals surface area contributed by atoms with Gasteiger partial charge in [-0.2, -0.15) is 0 Å². The van der Waals surface area contributed by atoms with E-state index >= 15 is 0 Å². The predicted octanol–water partition coefficient (Wildman–Crippen LogP) is 4.37. The molecule has 1 nitrogen and oxygen atoms in total. The smallest absolute Gasteiger partial charge is 0.00967 e. The van der Waals surface area contributed by atoms with Gasteiger partial charge in [0.15, 0.2) is 0 Å². The van der Waals surface area contributed by atoms with Crippen LogP contribution in [0.3, 0.4) is 0 Å². The van der Waals surface area contributed by atoms with E-state index in [0.717, 1.165) is 5.92 Å². The van der Waals surface area contributed by atoms with Crippen LogP contribution in [-0.4, -0.2) is 12.1 Å². The lowest BCUT2D eigenvalue weighted by Gasteiger charge is -2.44. The summed E-state index contributed by atoms with van der Waals surface area (Å²) in [5, 5.41) is 3.75. The molecule has 0 spiro atoms. The van der Waals surface area contributed by atoms with Gasteiger partial charge in [-0.1, -0.05) is 39.5 Å². The first kappa shape index (κ1) is 14.0. The Bertz CT molecular complexity index is 196. The van der Waals surface area contributed by atoms with Crippen molar-refractivity contribution < 1.29 is 0 Å². The summed E-state index contributed by atoms with van der Waals surface area (Å²) < 4.78 is 0. The van der Waals surface area contributed by atoms with Crippen LogP contribution in [-0.2, 0) is 0 Å². The molecule has 16 heavy (non-hydrogen) atoms. The van der Waals surface area contributed by atoms with Gasteiger partial charge in [0.25, 0.3) is 0 Å². The van der Waals surface area contributed by atoms with Gasteiger partial charge in [0.1, 0.15) is 0 Å². The van der Waals surface area contributed by atoms with E-state index in [-0.39, 0.29) is 5.54 Å². The molecule has 0 bridgehead atoms. The standard InChI is InChI=1S/C15H31N/c1-6-13(2)15(10-8-7-9-11-15)12-16-14(3,4)5/h13,16H,6-12H2,1-5H3. The van der Waals surface area contributed by atoms with Crippen molar-refractivity contribution in [1.29, 1.82) is 0 Å². The second kappa shape index (κ2) is 5.53. The average Bonchev–Trinajstić information content (AvgIpc) is 2.25. The van der Waals surface area contributed by atoms with Crippen LogP contribution in [0.5, 0.6) is 0 Å². The Morgan fingerprint density at radius 1 is 1.12 bits per heavy atom. The molecule has 0 heterocycles. The summed E-state index contributed by atoms with van der Waals surface area (Å²) in [5.41, 5.74) is 0.845. The Labute approximate surface area is 102 Å². The van der Waals surface area contributed by atoms with Gasteiger partial charge in [0.05, 0.1) is 0 Å². The van der Waals surface area contributed by atoms with E-state index in [0.29, 0.717) is 5.41 Å². The lowest BCUT2D eigenvalue weighted by Crippen LogP contribution is -2.47. The Balaban J connectivity index is 2.63. The topological polar surface area (TPSA) is 12.0 Å². The van der Waals surface area contributed by atoms with Crippen molar-refractivity contribution in [3.63, 3.8) is 0 Å². The van der Waals surface area contributed by atoms with Crippen molar-refractivity contribution in [2.75, 3.05) is 6.54 Å². The third-order valence-electron chi connectivity index (χ3n) is 4.48. The second-order valence-electron chi connectivity index (χ2n) is 6.84. The molecular formula is C15H31N. The van der Waals surface area contributed by atoms with Crippen LogP contribution >= 0.6 is 0 Å². The van der Waals surface area contributed by atoms with Crippen molar-refractivity contribution in [3.05, 3.63) is 0 Å². The molecule has 0 radical (unpaired) electrons. The lowest BCUT2D eigenvalue weighted by molar-refractivity contribution is 0.0922. The molecule has 0 aromatic carbocycles. The molecule has 0 amide bonds. The molecule has 1 rings (SSSR count). The molecule has 0 aromatic heterocycles. The van der Waals surface area contributed by atoms with Crippen LogP contribution in [0.15, 0.2) is 0 Å². The van der Waals surface area contributed by atoms with Crippen molar-refractivity contribution in [1.82, 2.24) is 5.32 Å². The van der Waals surface area contributed by atoms with Gasteiger partial charge >= 0.3 is 0 Å². The van der Waals surface area contributed by atoms with Crippen molar-refractivity contribution in [2.24, 2.45) is 11.3 Å². The Kier molecular flexibility index (Phi) is 4.85. The van der Waals surface area contributed by atoms with Crippen LogP contribution < -0.4 is 5.32 Å². The van der Waals surface area contributed by atoms with Gasteiger partial charge in [-0.25, -0.2) is 0 Å². The Morgan fingerprint density at radius 2 is 1.69 bits per heavy atom. The van der Waals surface area contributed by atoms with E-state index in [1.165, 1.54) is 45.1 Å². The van der Waals surface area contributed by atoms with Crippen LogP contribution in [0.1, 0.15) is 73.1 Å². The van der Waals surface area contributed by atoms with Crippen LogP contribution in [0.25, 0.3) is 0 Å². The number of nitrogens with one attached hydrogen (secondary N) is 1. The molecular weight excluding hydrogens is 194 g/mol. The highest BCUT2D eigenvalue weighted by molar-refractivity contribution is 4.90. The van der Waals surface area contributed by atoms with E-state index in [4.69, 9.17) is 0 Å². The minimum Gasteiger partial charge on any atom is -0.312 e. The molecule has 1 aliphatic rings. The minimum atomic E-state index is 0.262. The fourth-order valence-corrected chi connectivity index (χ4v) is 2.97. The molecule has 1 unspecified atom stereocenters. The summed E-state index contributed by atoms with van der Waals surface area (Å²) >= 11 is 0. The lowest BCUT2D eigenvalue weighted by atomic mass is 9.65. The summed E-state index contributed by atoms with van der Waals surface area (Å²) in [6, 6.07) is 0. The van der Waals surface area contributed by atoms with Gasteiger partial charge in [0.2, 0.25) is 0 Å². The number of hydrogen-bond acceptors (Lipinski definition) is 1. The van der Waals surface area contributed by atoms with Crippen molar-refractivity contribution in [3.8, 4) is 0 Å². The number of rotatable bonds is 4. The summed E-state index contributed by atoms with van der Waals surface area (Å²) in [6.07, 6.45) is 8.53. The summed E-state index contributed by atoms with van der Waals surface area (Å²) in [6.45, 7) is 12.8. The maximum Gasteiger partial charge on any atom is 0.00967 e. The molecule has 1 fully saturated rings. The van der Waals surface area contributed by atoms with Gasteiger partial charge in [0, 0.05) is 12.1 Å². The maximum absolute atomic E-state index is 3.75. The molecule has 0 aliphatic heterocycles. The zero-order chi connectivity index (χ0) is 12.2. The van der Waals surface area contributed by atoms with Gasteiger partial charge in [-0.05, 0) is 44.9 Å². The van der Waals surface area contributed by atoms with Crippen molar-refractivity contribution >= 4 is 0 Å². The fourth-order valence-electron chi connectivity index (χ4n) is 2.97. The van der Waals surface area contributed by atoms with E-state index in [1.54, 1.807) is 0 Å². The van der Waals surface area contributed by atoms with E-state index in [1.807, 2.05) is 0 Å². The monoisotopic (exact) mass is 225 g/mol. The molecule has 1 aliphatic carbocycles. The van der Waals surface area contributed by atoms with E-state index < -0.39 is 0 Å². The fraction of sp³-hybridized carbons (Fsp3) is 1.00. The normalized spacial score (nSPS) is 23.1. The zero-order valence-electron chi connectivity index (χ0n) is 12.0. The molecule has 96 valence electrons. The van der Waals surface area contributed by atoms with E-state index in [9.17, 15) is 0 Å². The van der Waals surface area contributed by atoms with E-state index in [2.05, 4.69) is 39.9 Å². The molecule has 1 N–H and O–H groups in total. The van der Waals surface area contributed by atoms with Crippen LogP contribution in [0, 0.1) is 11.3 Å². The van der Waals surface area contributed by atoms with Gasteiger partial charge in [-0.15, -0.1) is 0 Å². The number of hydrogen-bond donors (Lipinski definition) is 1. The molecule has 0 saturated heterocycles. The second-order valence-corrected chi connectivity index (χ2v) is 6.84. The zero-order valence-corrected chi connectivity index (χ0v) is 12.0. The van der Waals surface area contributed by atoms with Crippen LogP contribution in [0.2, 0.25) is 0 Å². The van der Waals surface area contributed by atoms with Gasteiger partial charge < -0.3 is 5.32 Å². The highest BCUT2D eigenvalue weighted by Crippen LogP contribution is 2.43. The minimum absolute atomic E-state index is 0.262. The molecule has 1 heteroatoms. The first-order valence-corrected chi connectivity index (χ1v) is 7.15. The maximum atomic E-state index is 3.75. The third-order valence-corrected chi connectivity index (χ3v) is 4.48. The summed E-state index contributed by atoms with van der Waals surface area (Å²) in [5.74, 6) is 0.864. The quantitative estimate of drug-likeness (QED) is 0.749. The largest absolute Gasteiger partial charge is 0.312 e. The molecule has 1 atom stereocenters. The Morgan fingerprint density at radius 3 is 2.12 bits per heavy atom. The summed E-state index contributed by atoms with van der Waals surface area (Å²) in [7, 11) is 0. The summed E-state index contributed by atoms with van der Waals surface area (Å²) in [4.78, 5) is 0. The SMILES string of the molecule is CCC(C)C1(CNC(C)(C)C)CCCCC1. The first-order chi connectivity index (χ1) is 7.40. The highest BCUT2D eigenvalue weighted by atomic mass is 15.0.